The molecule has 2 aliphatic heterocycles. The third-order valence-corrected chi connectivity index (χ3v) is 8.41. The van der Waals surface area contributed by atoms with Crippen molar-refractivity contribution in [3.8, 4) is 0 Å². The van der Waals surface area contributed by atoms with Crippen molar-refractivity contribution < 1.29 is 33.3 Å². The number of esters is 1. The summed E-state index contributed by atoms with van der Waals surface area (Å²) in [4.78, 5) is 38.2. The maximum atomic E-state index is 12.3. The van der Waals surface area contributed by atoms with Crippen LogP contribution in [0.3, 0.4) is 0 Å². The van der Waals surface area contributed by atoms with Gasteiger partial charge in [-0.15, -0.1) is 0 Å². The minimum Gasteiger partial charge on any atom is -0.467 e. The Bertz CT molecular complexity index is 1460. The number of hydrogen-bond acceptors (Lipinski definition) is 12. The van der Waals surface area contributed by atoms with E-state index in [-0.39, 0.29) is 18.3 Å². The summed E-state index contributed by atoms with van der Waals surface area (Å²) < 4.78 is 31.2. The summed E-state index contributed by atoms with van der Waals surface area (Å²) in [5.74, 6) is 0.464. The van der Waals surface area contributed by atoms with Crippen LogP contribution in [-0.4, -0.2) is 92.5 Å². The SMILES string of the molecule is COC(=O)C(CCSC[C@H]1O[C@@H](n2cnc3c(NCCc4ccccc4)ncnc32)[C@@H]2OC(C)(C)O[C@@H]21)NC(=O)OC(C)(C)C. The number of fused-ring (bicyclic) bond motifs is 2. The Kier molecular flexibility index (Phi) is 10.2. The monoisotopic (exact) mass is 642 g/mol. The first-order chi connectivity index (χ1) is 21.4. The number of nitrogens with zero attached hydrogens (tertiary/aromatic N) is 4. The summed E-state index contributed by atoms with van der Waals surface area (Å²) in [5.41, 5.74) is 1.83. The predicted molar refractivity (Wildman–Crippen MR) is 169 cm³/mol. The molecule has 1 aromatic carbocycles. The number of anilines is 1. The number of imidazole rings is 1. The lowest BCUT2D eigenvalue weighted by Gasteiger charge is -2.25. The second-order valence-electron chi connectivity index (χ2n) is 12.4. The highest BCUT2D eigenvalue weighted by atomic mass is 32.2. The zero-order valence-corrected chi connectivity index (χ0v) is 27.3. The van der Waals surface area contributed by atoms with Gasteiger partial charge in [-0.2, -0.15) is 11.8 Å². The van der Waals surface area contributed by atoms with Crippen molar-refractivity contribution in [3.05, 3.63) is 48.5 Å². The first kappa shape index (κ1) is 32.9. The Labute approximate surface area is 267 Å². The molecular formula is C31H42N6O7S. The molecule has 2 aromatic heterocycles. The largest absolute Gasteiger partial charge is 0.467 e. The van der Waals surface area contributed by atoms with Crippen molar-refractivity contribution in [2.24, 2.45) is 0 Å². The normalized spacial score (nSPS) is 23.0. The number of carbonyl (C=O) groups is 2. The standard InChI is InChI=1S/C31H42N6O7S/c1-30(2,3)44-29(39)36-20(28(38)40-6)13-15-45-16-21-23-24(43-31(4,5)42-23)27(41-21)37-18-35-22-25(33-17-34-26(22)37)32-14-12-19-10-8-7-9-11-19/h7-11,17-18,20-21,23-24,27H,12-16H2,1-6H3,(H,36,39)(H,32,33,34)/t20?,21-,23-,24-,27-/m1/s1. The summed E-state index contributed by atoms with van der Waals surface area (Å²) in [5, 5.41) is 6.01. The van der Waals surface area contributed by atoms with Crippen molar-refractivity contribution in [2.45, 2.75) is 89.4 Å². The average Bonchev–Trinajstić information content (AvgIpc) is 3.65. The number of ether oxygens (including phenoxy) is 5. The summed E-state index contributed by atoms with van der Waals surface area (Å²) in [6, 6.07) is 9.42. The van der Waals surface area contributed by atoms with Crippen LogP contribution in [0.2, 0.25) is 0 Å². The second-order valence-corrected chi connectivity index (χ2v) is 13.6. The van der Waals surface area contributed by atoms with Crippen LogP contribution in [0.5, 0.6) is 0 Å². The smallest absolute Gasteiger partial charge is 0.408 e. The van der Waals surface area contributed by atoms with Gasteiger partial charge in [-0.05, 0) is 58.8 Å². The molecule has 0 aliphatic carbocycles. The number of aromatic nitrogens is 4. The lowest BCUT2D eigenvalue weighted by molar-refractivity contribution is -0.193. The molecule has 45 heavy (non-hydrogen) atoms. The Hall–Kier alpha value is -3.46. The van der Waals surface area contributed by atoms with Gasteiger partial charge in [0, 0.05) is 12.3 Å². The third kappa shape index (κ3) is 8.23. The highest BCUT2D eigenvalue weighted by Gasteiger charge is 2.56. The van der Waals surface area contributed by atoms with Gasteiger partial charge in [0.05, 0.1) is 19.5 Å². The molecule has 1 unspecified atom stereocenters. The first-order valence-electron chi connectivity index (χ1n) is 15.1. The number of carbonyl (C=O) groups excluding carboxylic acids is 2. The van der Waals surface area contributed by atoms with Crippen LogP contribution in [0.25, 0.3) is 11.2 Å². The Morgan fingerprint density at radius 1 is 1.11 bits per heavy atom. The Morgan fingerprint density at radius 3 is 2.60 bits per heavy atom. The van der Waals surface area contributed by atoms with Crippen LogP contribution in [0.1, 0.15) is 52.8 Å². The van der Waals surface area contributed by atoms with Gasteiger partial charge in [0.25, 0.3) is 0 Å². The highest BCUT2D eigenvalue weighted by Crippen LogP contribution is 2.44. The fraction of sp³-hybridized carbons (Fsp3) is 0.581. The molecule has 0 saturated carbocycles. The molecule has 13 nitrogen and oxygen atoms in total. The van der Waals surface area contributed by atoms with E-state index in [9.17, 15) is 9.59 Å². The highest BCUT2D eigenvalue weighted by molar-refractivity contribution is 7.99. The van der Waals surface area contributed by atoms with E-state index in [1.165, 1.54) is 19.0 Å². The van der Waals surface area contributed by atoms with Crippen molar-refractivity contribution >= 4 is 40.8 Å². The minimum absolute atomic E-state index is 0.301. The summed E-state index contributed by atoms with van der Waals surface area (Å²) in [7, 11) is 1.29. The number of thioether (sulfide) groups is 1. The molecule has 3 aromatic rings. The van der Waals surface area contributed by atoms with E-state index in [2.05, 4.69) is 37.7 Å². The van der Waals surface area contributed by atoms with Crippen molar-refractivity contribution in [2.75, 3.05) is 30.5 Å². The number of methoxy groups -OCH3 is 1. The van der Waals surface area contributed by atoms with Gasteiger partial charge in [-0.25, -0.2) is 24.5 Å². The van der Waals surface area contributed by atoms with Crippen LogP contribution < -0.4 is 10.6 Å². The van der Waals surface area contributed by atoms with Gasteiger partial charge in [-0.3, -0.25) is 4.57 Å². The summed E-state index contributed by atoms with van der Waals surface area (Å²) in [6.45, 7) is 9.75. The minimum atomic E-state index is -0.833. The average molecular weight is 643 g/mol. The topological polar surface area (TPSA) is 148 Å². The quantitative estimate of drug-likeness (QED) is 0.217. The van der Waals surface area contributed by atoms with E-state index >= 15 is 0 Å². The third-order valence-electron chi connectivity index (χ3n) is 7.32. The van der Waals surface area contributed by atoms with Crippen LogP contribution in [0.15, 0.2) is 43.0 Å². The van der Waals surface area contributed by atoms with Gasteiger partial charge in [0.1, 0.15) is 30.2 Å². The second kappa shape index (κ2) is 13.9. The molecule has 1 amide bonds. The fourth-order valence-electron chi connectivity index (χ4n) is 5.40. The van der Waals surface area contributed by atoms with E-state index in [1.54, 1.807) is 38.9 Å². The molecule has 5 atom stereocenters. The zero-order chi connectivity index (χ0) is 32.2. The van der Waals surface area contributed by atoms with Gasteiger partial charge in [0.2, 0.25) is 0 Å². The zero-order valence-electron chi connectivity index (χ0n) is 26.5. The number of rotatable bonds is 12. The molecule has 2 N–H and O–H groups in total. The molecule has 0 radical (unpaired) electrons. The Balaban J connectivity index is 1.22. The van der Waals surface area contributed by atoms with Gasteiger partial charge in [0.15, 0.2) is 29.0 Å². The maximum Gasteiger partial charge on any atom is 0.408 e. The van der Waals surface area contributed by atoms with Crippen LogP contribution in [0, 0.1) is 0 Å². The van der Waals surface area contributed by atoms with E-state index in [4.69, 9.17) is 23.7 Å². The van der Waals surface area contributed by atoms with E-state index < -0.39 is 35.7 Å². The maximum absolute atomic E-state index is 12.3. The molecule has 2 fully saturated rings. The van der Waals surface area contributed by atoms with Gasteiger partial charge in [-0.1, -0.05) is 30.3 Å². The van der Waals surface area contributed by atoms with E-state index in [1.807, 2.05) is 36.6 Å². The molecular weight excluding hydrogens is 600 g/mol. The first-order valence-corrected chi connectivity index (χ1v) is 16.2. The molecule has 4 heterocycles. The van der Waals surface area contributed by atoms with E-state index in [0.29, 0.717) is 41.5 Å². The number of benzene rings is 1. The lowest BCUT2D eigenvalue weighted by Crippen LogP contribution is -2.44. The Morgan fingerprint density at radius 2 is 1.87 bits per heavy atom. The van der Waals surface area contributed by atoms with Crippen molar-refractivity contribution in [1.29, 1.82) is 0 Å². The summed E-state index contributed by atoms with van der Waals surface area (Å²) >= 11 is 1.59. The number of amides is 1. The number of nitrogens with one attached hydrogen (secondary N) is 2. The lowest BCUT2D eigenvalue weighted by atomic mass is 10.1. The molecule has 14 heteroatoms. The predicted octanol–water partition coefficient (Wildman–Crippen LogP) is 4.09. The van der Waals surface area contributed by atoms with Crippen molar-refractivity contribution in [3.63, 3.8) is 0 Å². The molecule has 2 aliphatic rings. The molecule has 2 saturated heterocycles. The molecule has 0 spiro atoms. The molecule has 0 bridgehead atoms. The van der Waals surface area contributed by atoms with Gasteiger partial charge >= 0.3 is 12.1 Å². The molecule has 5 rings (SSSR count). The molecule has 244 valence electrons. The van der Waals surface area contributed by atoms with Crippen LogP contribution in [0.4, 0.5) is 10.6 Å². The number of hydrogen-bond donors (Lipinski definition) is 2. The fourth-order valence-corrected chi connectivity index (χ4v) is 6.47. The van der Waals surface area contributed by atoms with Gasteiger partial charge < -0.3 is 34.3 Å². The van der Waals surface area contributed by atoms with E-state index in [0.717, 1.165) is 6.42 Å². The van der Waals surface area contributed by atoms with Crippen LogP contribution in [-0.2, 0) is 34.9 Å². The van der Waals surface area contributed by atoms with Crippen molar-refractivity contribution in [1.82, 2.24) is 24.8 Å². The summed E-state index contributed by atoms with van der Waals surface area (Å²) in [6.07, 6.45) is 2.23. The van der Waals surface area contributed by atoms with Crippen LogP contribution >= 0.6 is 11.8 Å². The number of alkyl carbamates (subject to hydrolysis) is 1.